The molecule has 3 aromatic carbocycles. The van der Waals surface area contributed by atoms with Gasteiger partial charge in [0.05, 0.1) is 24.4 Å². The molecule has 196 valence electrons. The second-order valence-corrected chi connectivity index (χ2v) is 9.62. The van der Waals surface area contributed by atoms with Crippen LogP contribution in [0.3, 0.4) is 0 Å². The van der Waals surface area contributed by atoms with Crippen LogP contribution in [-0.4, -0.2) is 49.0 Å². The number of benzene rings is 3. The number of fused-ring (bicyclic) bond motifs is 2. The van der Waals surface area contributed by atoms with E-state index in [0.29, 0.717) is 30.2 Å². The minimum Gasteiger partial charge on any atom is -0.492 e. The van der Waals surface area contributed by atoms with Gasteiger partial charge in [0.15, 0.2) is 11.5 Å². The smallest absolute Gasteiger partial charge is 0.255 e. The summed E-state index contributed by atoms with van der Waals surface area (Å²) in [6, 6.07) is 20.2. The molecule has 0 bridgehead atoms. The third-order valence-corrected chi connectivity index (χ3v) is 7.16. The number of piperazine rings is 1. The van der Waals surface area contributed by atoms with Crippen molar-refractivity contribution in [3.8, 4) is 17.2 Å². The molecule has 0 saturated carbocycles. The number of para-hydroxylation sites is 2. The summed E-state index contributed by atoms with van der Waals surface area (Å²) in [5.41, 5.74) is 3.20. The lowest BCUT2D eigenvalue weighted by atomic mass is 10.1. The maximum absolute atomic E-state index is 13.9. The minimum absolute atomic E-state index is 0.0789. The van der Waals surface area contributed by atoms with Crippen LogP contribution in [0.4, 0.5) is 10.1 Å². The van der Waals surface area contributed by atoms with Gasteiger partial charge in [-0.2, -0.15) is 0 Å². The molecule has 0 N–H and O–H groups in total. The molecular formula is C30H30FN3O4. The highest BCUT2D eigenvalue weighted by molar-refractivity contribution is 5.84. The highest BCUT2D eigenvalue weighted by Gasteiger charge is 2.23. The molecule has 0 unspecified atom stereocenters. The van der Waals surface area contributed by atoms with Gasteiger partial charge >= 0.3 is 0 Å². The van der Waals surface area contributed by atoms with Gasteiger partial charge in [-0.3, -0.25) is 9.69 Å². The molecule has 0 atom stereocenters. The Hall–Kier alpha value is -4.04. The van der Waals surface area contributed by atoms with E-state index in [0.717, 1.165) is 54.1 Å². The third kappa shape index (κ3) is 4.79. The highest BCUT2D eigenvalue weighted by Crippen LogP contribution is 2.36. The van der Waals surface area contributed by atoms with Gasteiger partial charge in [0.2, 0.25) is 6.79 Å². The van der Waals surface area contributed by atoms with Crippen LogP contribution in [0.25, 0.3) is 10.9 Å². The van der Waals surface area contributed by atoms with E-state index in [4.69, 9.17) is 14.2 Å². The number of pyridine rings is 1. The van der Waals surface area contributed by atoms with Crippen molar-refractivity contribution in [1.29, 1.82) is 0 Å². The summed E-state index contributed by atoms with van der Waals surface area (Å²) >= 11 is 0. The first-order valence-corrected chi connectivity index (χ1v) is 13.0. The summed E-state index contributed by atoms with van der Waals surface area (Å²) in [6.07, 6.45) is 0. The quantitative estimate of drug-likeness (QED) is 0.358. The number of hydrogen-bond donors (Lipinski definition) is 0. The van der Waals surface area contributed by atoms with Gasteiger partial charge in [0.25, 0.3) is 5.56 Å². The highest BCUT2D eigenvalue weighted by atomic mass is 19.1. The van der Waals surface area contributed by atoms with Crippen LogP contribution < -0.4 is 24.7 Å². The van der Waals surface area contributed by atoms with E-state index in [9.17, 15) is 9.18 Å². The van der Waals surface area contributed by atoms with Crippen molar-refractivity contribution in [3.05, 3.63) is 94.0 Å². The average Bonchev–Trinajstić information content (AvgIpc) is 3.39. The van der Waals surface area contributed by atoms with Crippen LogP contribution in [0, 0.1) is 5.82 Å². The molecule has 4 aromatic rings. The van der Waals surface area contributed by atoms with Crippen LogP contribution in [0.1, 0.15) is 18.1 Å². The van der Waals surface area contributed by atoms with Crippen molar-refractivity contribution in [1.82, 2.24) is 9.47 Å². The maximum atomic E-state index is 13.9. The predicted octanol–water partition coefficient (Wildman–Crippen LogP) is 4.64. The lowest BCUT2D eigenvalue weighted by Gasteiger charge is -2.36. The van der Waals surface area contributed by atoms with Gasteiger partial charge in [0, 0.05) is 49.7 Å². The topological polar surface area (TPSA) is 56.2 Å². The average molecular weight is 516 g/mol. The molecule has 2 aliphatic heterocycles. The van der Waals surface area contributed by atoms with Gasteiger partial charge in [-0.15, -0.1) is 0 Å². The van der Waals surface area contributed by atoms with Gasteiger partial charge in [0.1, 0.15) is 11.6 Å². The Labute approximate surface area is 220 Å². The van der Waals surface area contributed by atoms with Crippen molar-refractivity contribution in [2.75, 3.05) is 44.5 Å². The van der Waals surface area contributed by atoms with E-state index < -0.39 is 0 Å². The fraction of sp³-hybridized carbons (Fsp3) is 0.300. The lowest BCUT2D eigenvalue weighted by molar-refractivity contribution is 0.174. The number of anilines is 1. The first-order valence-electron chi connectivity index (χ1n) is 13.0. The standard InChI is InChI=1S/C30H30FN3O4/c1-2-36-27-9-4-3-8-25(27)33-12-10-32(11-13-33)19-23-15-22-16-28-29(38-20-37-28)17-26(22)34(30(23)35)18-21-6-5-7-24(31)14-21/h3-9,14-17H,2,10-13,18-20H2,1H3. The lowest BCUT2D eigenvalue weighted by Crippen LogP contribution is -2.46. The molecule has 1 saturated heterocycles. The zero-order valence-electron chi connectivity index (χ0n) is 21.4. The monoisotopic (exact) mass is 515 g/mol. The SMILES string of the molecule is CCOc1ccccc1N1CCN(Cc2cc3cc4c(cc3n(Cc3cccc(F)c3)c2=O)OCO4)CC1. The summed E-state index contributed by atoms with van der Waals surface area (Å²) in [6.45, 7) is 6.90. The van der Waals surface area contributed by atoms with Crippen LogP contribution in [-0.2, 0) is 13.1 Å². The number of ether oxygens (including phenoxy) is 3. The van der Waals surface area contributed by atoms with Crippen molar-refractivity contribution >= 4 is 16.6 Å². The van der Waals surface area contributed by atoms with Crippen LogP contribution in [0.2, 0.25) is 0 Å². The molecule has 3 heterocycles. The zero-order chi connectivity index (χ0) is 26.1. The van der Waals surface area contributed by atoms with Crippen LogP contribution in [0.15, 0.2) is 71.5 Å². The molecule has 1 fully saturated rings. The van der Waals surface area contributed by atoms with E-state index in [-0.39, 0.29) is 24.7 Å². The number of halogens is 1. The Morgan fingerprint density at radius 1 is 0.895 bits per heavy atom. The first-order chi connectivity index (χ1) is 18.6. The van der Waals surface area contributed by atoms with Crippen molar-refractivity contribution in [2.45, 2.75) is 20.0 Å². The van der Waals surface area contributed by atoms with Crippen LogP contribution >= 0.6 is 0 Å². The summed E-state index contributed by atoms with van der Waals surface area (Å²) in [5, 5.41) is 0.893. The number of hydrogen-bond acceptors (Lipinski definition) is 6. The van der Waals surface area contributed by atoms with Gasteiger partial charge < -0.3 is 23.7 Å². The summed E-state index contributed by atoms with van der Waals surface area (Å²) in [4.78, 5) is 18.4. The van der Waals surface area contributed by atoms with E-state index >= 15 is 0 Å². The second kappa shape index (κ2) is 10.4. The molecule has 6 rings (SSSR count). The first kappa shape index (κ1) is 24.3. The number of aromatic nitrogens is 1. The van der Waals surface area contributed by atoms with Crippen LogP contribution in [0.5, 0.6) is 17.2 Å². The van der Waals surface area contributed by atoms with Gasteiger partial charge in [-0.05, 0) is 48.9 Å². The Morgan fingerprint density at radius 2 is 1.68 bits per heavy atom. The summed E-state index contributed by atoms with van der Waals surface area (Å²) < 4.78 is 32.6. The molecule has 0 aliphatic carbocycles. The fourth-order valence-electron chi connectivity index (χ4n) is 5.30. The van der Waals surface area contributed by atoms with Gasteiger partial charge in [-0.25, -0.2) is 4.39 Å². The Balaban J connectivity index is 1.28. The number of nitrogens with zero attached hydrogens (tertiary/aromatic N) is 3. The van der Waals surface area contributed by atoms with E-state index in [1.165, 1.54) is 12.1 Å². The van der Waals surface area contributed by atoms with E-state index in [1.807, 2.05) is 49.4 Å². The largest absolute Gasteiger partial charge is 0.492 e. The van der Waals surface area contributed by atoms with E-state index in [1.54, 1.807) is 10.6 Å². The van der Waals surface area contributed by atoms with E-state index in [2.05, 4.69) is 15.9 Å². The maximum Gasteiger partial charge on any atom is 0.255 e. The van der Waals surface area contributed by atoms with Crippen molar-refractivity contribution in [2.24, 2.45) is 0 Å². The molecule has 7 nitrogen and oxygen atoms in total. The molecule has 2 aliphatic rings. The third-order valence-electron chi connectivity index (χ3n) is 7.16. The van der Waals surface area contributed by atoms with Gasteiger partial charge in [-0.1, -0.05) is 24.3 Å². The van der Waals surface area contributed by atoms with Crippen molar-refractivity contribution < 1.29 is 18.6 Å². The second-order valence-electron chi connectivity index (χ2n) is 9.62. The Morgan fingerprint density at radius 3 is 2.47 bits per heavy atom. The fourth-order valence-corrected chi connectivity index (χ4v) is 5.30. The molecule has 38 heavy (non-hydrogen) atoms. The zero-order valence-corrected chi connectivity index (χ0v) is 21.4. The summed E-state index contributed by atoms with van der Waals surface area (Å²) in [5.74, 6) is 1.86. The number of rotatable bonds is 7. The molecular weight excluding hydrogens is 485 g/mol. The minimum atomic E-state index is -0.322. The normalized spacial score (nSPS) is 15.3. The molecule has 0 radical (unpaired) electrons. The Bertz CT molecular complexity index is 1530. The Kier molecular flexibility index (Phi) is 6.64. The van der Waals surface area contributed by atoms with Crippen molar-refractivity contribution in [3.63, 3.8) is 0 Å². The molecule has 1 aromatic heterocycles. The predicted molar refractivity (Wildman–Crippen MR) is 145 cm³/mol. The molecule has 0 amide bonds. The molecule has 8 heteroatoms. The molecule has 0 spiro atoms. The summed E-state index contributed by atoms with van der Waals surface area (Å²) in [7, 11) is 0.